The fourth-order valence-electron chi connectivity index (χ4n) is 0.779. The first kappa shape index (κ1) is 10.2. The first-order valence-corrected chi connectivity index (χ1v) is 4.73. The first-order valence-electron chi connectivity index (χ1n) is 3.53. The van der Waals surface area contributed by atoms with Gasteiger partial charge in [-0.2, -0.15) is 0 Å². The lowest BCUT2D eigenvalue weighted by molar-refractivity contribution is 0.0832. The van der Waals surface area contributed by atoms with E-state index in [0.29, 0.717) is 9.75 Å². The van der Waals surface area contributed by atoms with Gasteiger partial charge >= 0.3 is 0 Å². The van der Waals surface area contributed by atoms with E-state index in [0.717, 1.165) is 11.3 Å². The summed E-state index contributed by atoms with van der Waals surface area (Å²) in [5, 5.41) is -0.525. The molecule has 70 valence electrons. The average molecular weight is 218 g/mol. The van der Waals surface area contributed by atoms with Crippen LogP contribution in [0.4, 0.5) is 0 Å². The maximum absolute atomic E-state index is 11.4. The zero-order valence-electron chi connectivity index (χ0n) is 7.20. The third-order valence-electron chi connectivity index (χ3n) is 1.42. The predicted molar refractivity (Wildman–Crippen MR) is 52.5 cm³/mol. The molecule has 0 aliphatic rings. The molecule has 0 radical (unpaired) electrons. The van der Waals surface area contributed by atoms with Gasteiger partial charge in [-0.1, -0.05) is 0 Å². The molecule has 13 heavy (non-hydrogen) atoms. The maximum atomic E-state index is 11.4. The normalized spacial score (nSPS) is 9.77. The molecule has 0 spiro atoms. The highest BCUT2D eigenvalue weighted by atomic mass is 35.5. The number of hydrogen-bond acceptors (Lipinski definition) is 3. The van der Waals surface area contributed by atoms with E-state index in [1.165, 1.54) is 4.90 Å². The highest BCUT2D eigenvalue weighted by molar-refractivity contribution is 7.17. The van der Waals surface area contributed by atoms with E-state index < -0.39 is 5.24 Å². The molecule has 0 fully saturated rings. The van der Waals surface area contributed by atoms with E-state index >= 15 is 0 Å². The average Bonchev–Trinajstić information content (AvgIpc) is 2.50. The van der Waals surface area contributed by atoms with Crippen LogP contribution in [-0.2, 0) is 0 Å². The van der Waals surface area contributed by atoms with Gasteiger partial charge in [0.2, 0.25) is 0 Å². The highest BCUT2D eigenvalue weighted by Gasteiger charge is 2.13. The molecule has 1 heterocycles. The van der Waals surface area contributed by atoms with Crippen LogP contribution < -0.4 is 0 Å². The number of thiophene rings is 1. The van der Waals surface area contributed by atoms with Gasteiger partial charge in [-0.15, -0.1) is 11.3 Å². The molecule has 1 aromatic heterocycles. The van der Waals surface area contributed by atoms with E-state index in [1.807, 2.05) is 0 Å². The van der Waals surface area contributed by atoms with Gasteiger partial charge < -0.3 is 4.90 Å². The number of nitrogens with zero attached hydrogens (tertiary/aromatic N) is 1. The number of rotatable bonds is 2. The third kappa shape index (κ3) is 2.29. The summed E-state index contributed by atoms with van der Waals surface area (Å²) in [5.74, 6) is -0.117. The topological polar surface area (TPSA) is 37.4 Å². The monoisotopic (exact) mass is 217 g/mol. The SMILES string of the molecule is CN(C)C(=O)c1ccc(C(=O)Cl)s1. The lowest BCUT2D eigenvalue weighted by Crippen LogP contribution is -2.20. The molecule has 0 aromatic carbocycles. The van der Waals surface area contributed by atoms with E-state index in [1.54, 1.807) is 26.2 Å². The molecule has 0 bridgehead atoms. The number of amides is 1. The summed E-state index contributed by atoms with van der Waals surface area (Å²) in [7, 11) is 3.31. The van der Waals surface area contributed by atoms with E-state index in [-0.39, 0.29) is 5.91 Å². The molecule has 0 unspecified atom stereocenters. The van der Waals surface area contributed by atoms with Crippen molar-refractivity contribution in [2.45, 2.75) is 0 Å². The molecular formula is C8H8ClNO2S. The van der Waals surface area contributed by atoms with Gasteiger partial charge in [0, 0.05) is 14.1 Å². The summed E-state index contributed by atoms with van der Waals surface area (Å²) in [6, 6.07) is 3.15. The number of carbonyl (C=O) groups excluding carboxylic acids is 2. The van der Waals surface area contributed by atoms with Crippen molar-refractivity contribution in [3.8, 4) is 0 Å². The van der Waals surface area contributed by atoms with Crippen LogP contribution in [-0.4, -0.2) is 30.1 Å². The maximum Gasteiger partial charge on any atom is 0.263 e. The van der Waals surface area contributed by atoms with Gasteiger partial charge in [-0.25, -0.2) is 0 Å². The summed E-state index contributed by atoms with van der Waals surface area (Å²) in [4.78, 5) is 24.4. The second-order valence-electron chi connectivity index (χ2n) is 2.64. The standard InChI is InChI=1S/C8H8ClNO2S/c1-10(2)8(12)6-4-3-5(13-6)7(9)11/h3-4H,1-2H3. The zero-order chi connectivity index (χ0) is 10.0. The van der Waals surface area contributed by atoms with Crippen LogP contribution in [0.25, 0.3) is 0 Å². The van der Waals surface area contributed by atoms with E-state index in [4.69, 9.17) is 11.6 Å². The lowest BCUT2D eigenvalue weighted by Gasteiger charge is -2.06. The van der Waals surface area contributed by atoms with Crippen molar-refractivity contribution < 1.29 is 9.59 Å². The van der Waals surface area contributed by atoms with Crippen LogP contribution in [0.3, 0.4) is 0 Å². The molecule has 1 rings (SSSR count). The lowest BCUT2D eigenvalue weighted by atomic mass is 10.4. The fourth-order valence-corrected chi connectivity index (χ4v) is 1.82. The van der Waals surface area contributed by atoms with Crippen molar-refractivity contribution >= 4 is 34.1 Å². The predicted octanol–water partition coefficient (Wildman–Crippen LogP) is 1.83. The Hall–Kier alpha value is -0.870. The number of hydrogen-bond donors (Lipinski definition) is 0. The Morgan fingerprint density at radius 2 is 1.85 bits per heavy atom. The van der Waals surface area contributed by atoms with E-state index in [9.17, 15) is 9.59 Å². The van der Waals surface area contributed by atoms with Crippen LogP contribution in [0.1, 0.15) is 19.3 Å². The van der Waals surface area contributed by atoms with Crippen LogP contribution in [0.2, 0.25) is 0 Å². The van der Waals surface area contributed by atoms with Gasteiger partial charge in [0.15, 0.2) is 0 Å². The summed E-state index contributed by atoms with van der Waals surface area (Å²) in [6.07, 6.45) is 0. The Bertz CT molecular complexity index is 346. The molecule has 0 saturated carbocycles. The van der Waals surface area contributed by atoms with Crippen LogP contribution in [0.15, 0.2) is 12.1 Å². The highest BCUT2D eigenvalue weighted by Crippen LogP contribution is 2.19. The van der Waals surface area contributed by atoms with Gasteiger partial charge in [0.1, 0.15) is 0 Å². The van der Waals surface area contributed by atoms with Crippen LogP contribution in [0, 0.1) is 0 Å². The minimum atomic E-state index is -0.525. The second kappa shape index (κ2) is 3.89. The molecule has 1 amide bonds. The first-order chi connectivity index (χ1) is 6.02. The largest absolute Gasteiger partial charge is 0.344 e. The number of carbonyl (C=O) groups is 2. The van der Waals surface area contributed by atoms with Crippen molar-refractivity contribution in [2.75, 3.05) is 14.1 Å². The molecule has 0 aliphatic carbocycles. The minimum Gasteiger partial charge on any atom is -0.344 e. The molecular weight excluding hydrogens is 210 g/mol. The van der Waals surface area contributed by atoms with Crippen molar-refractivity contribution in [1.82, 2.24) is 4.90 Å². The molecule has 0 N–H and O–H groups in total. The Labute approximate surface area is 84.9 Å². The number of halogens is 1. The van der Waals surface area contributed by atoms with Gasteiger partial charge in [-0.05, 0) is 23.7 Å². The quantitative estimate of drug-likeness (QED) is 0.709. The fraction of sp³-hybridized carbons (Fsp3) is 0.250. The van der Waals surface area contributed by atoms with Gasteiger partial charge in [0.25, 0.3) is 11.1 Å². The Balaban J connectivity index is 2.92. The van der Waals surface area contributed by atoms with Gasteiger partial charge in [0.05, 0.1) is 9.75 Å². The molecule has 0 atom stereocenters. The molecule has 0 aliphatic heterocycles. The molecule has 5 heteroatoms. The minimum absolute atomic E-state index is 0.117. The smallest absolute Gasteiger partial charge is 0.263 e. The van der Waals surface area contributed by atoms with Crippen LogP contribution >= 0.6 is 22.9 Å². The summed E-state index contributed by atoms with van der Waals surface area (Å²) in [6.45, 7) is 0. The van der Waals surface area contributed by atoms with Gasteiger partial charge in [-0.3, -0.25) is 9.59 Å². The summed E-state index contributed by atoms with van der Waals surface area (Å²) >= 11 is 6.35. The second-order valence-corrected chi connectivity index (χ2v) is 4.06. The summed E-state index contributed by atoms with van der Waals surface area (Å²) < 4.78 is 0. The molecule has 0 saturated heterocycles. The zero-order valence-corrected chi connectivity index (χ0v) is 8.78. The summed E-state index contributed by atoms with van der Waals surface area (Å²) in [5.41, 5.74) is 0. The third-order valence-corrected chi connectivity index (χ3v) is 2.80. The molecule has 1 aromatic rings. The van der Waals surface area contributed by atoms with Crippen molar-refractivity contribution in [1.29, 1.82) is 0 Å². The Morgan fingerprint density at radius 3 is 2.23 bits per heavy atom. The van der Waals surface area contributed by atoms with Crippen LogP contribution in [0.5, 0.6) is 0 Å². The Kier molecular flexibility index (Phi) is 3.06. The van der Waals surface area contributed by atoms with E-state index in [2.05, 4.69) is 0 Å². The Morgan fingerprint density at radius 1 is 1.31 bits per heavy atom. The van der Waals surface area contributed by atoms with Crippen molar-refractivity contribution in [2.24, 2.45) is 0 Å². The van der Waals surface area contributed by atoms with Crippen molar-refractivity contribution in [3.63, 3.8) is 0 Å². The molecule has 3 nitrogen and oxygen atoms in total. The van der Waals surface area contributed by atoms with Crippen molar-refractivity contribution in [3.05, 3.63) is 21.9 Å².